The van der Waals surface area contributed by atoms with Crippen LogP contribution in [0.25, 0.3) is 11.0 Å². The number of rotatable bonds is 9. The molecule has 10 nitrogen and oxygen atoms in total. The molecule has 35 heavy (non-hydrogen) atoms. The van der Waals surface area contributed by atoms with E-state index in [9.17, 15) is 24.5 Å². The molecule has 11 heteroatoms. The van der Waals surface area contributed by atoms with Crippen molar-refractivity contribution in [1.82, 2.24) is 9.97 Å². The van der Waals surface area contributed by atoms with Crippen molar-refractivity contribution in [1.29, 1.82) is 0 Å². The SMILES string of the molecule is CCC(CC)(CC1OC(c2cc3c(C)cc(C)nc3[nH]c2=O)C(O)C1O)OP(=O)(O)C1(CC)CO1. The second kappa shape index (κ2) is 9.34. The Balaban J connectivity index is 1.61. The summed E-state index contributed by atoms with van der Waals surface area (Å²) in [7, 11) is -4.13. The molecule has 4 heterocycles. The molecule has 6 unspecified atom stereocenters. The number of hydrogen-bond donors (Lipinski definition) is 4. The minimum atomic E-state index is -4.13. The Hall–Kier alpha value is -1.65. The quantitative estimate of drug-likeness (QED) is 0.294. The third-order valence-electron chi connectivity index (χ3n) is 7.58. The summed E-state index contributed by atoms with van der Waals surface area (Å²) in [5, 5.41) is 21.2. The summed E-state index contributed by atoms with van der Waals surface area (Å²) in [6, 6.07) is 3.53. The minimum Gasteiger partial charge on any atom is -0.388 e. The van der Waals surface area contributed by atoms with Gasteiger partial charge in [0.2, 0.25) is 0 Å². The van der Waals surface area contributed by atoms with E-state index in [2.05, 4.69) is 9.97 Å². The van der Waals surface area contributed by atoms with E-state index < -0.39 is 48.5 Å². The van der Waals surface area contributed by atoms with Gasteiger partial charge in [0, 0.05) is 23.1 Å². The molecule has 4 rings (SSSR count). The average molecular weight is 511 g/mol. The topological polar surface area (TPSA) is 154 Å². The first kappa shape index (κ1) is 26.4. The number of epoxide rings is 1. The summed E-state index contributed by atoms with van der Waals surface area (Å²) in [6.45, 7) is 9.32. The van der Waals surface area contributed by atoms with E-state index in [-0.39, 0.29) is 18.6 Å². The molecule has 0 amide bonds. The maximum Gasteiger partial charge on any atom is 0.362 e. The van der Waals surface area contributed by atoms with Crippen LogP contribution in [-0.4, -0.2) is 60.9 Å². The molecular formula is C24H35N2O8P. The van der Waals surface area contributed by atoms with Crippen LogP contribution in [0.2, 0.25) is 0 Å². The molecule has 0 radical (unpaired) electrons. The molecule has 2 aromatic rings. The van der Waals surface area contributed by atoms with E-state index in [1.54, 1.807) is 13.0 Å². The number of hydrogen-bond acceptors (Lipinski definition) is 8. The summed E-state index contributed by atoms with van der Waals surface area (Å²) in [4.78, 5) is 30.7. The maximum absolute atomic E-state index is 13.1. The molecule has 0 bridgehead atoms. The van der Waals surface area contributed by atoms with Crippen LogP contribution in [-0.2, 0) is 18.6 Å². The van der Waals surface area contributed by atoms with Crippen LogP contribution in [0.5, 0.6) is 0 Å². The molecule has 2 fully saturated rings. The largest absolute Gasteiger partial charge is 0.388 e. The number of aliphatic hydroxyl groups is 2. The summed E-state index contributed by atoms with van der Waals surface area (Å²) < 4.78 is 30.3. The first-order chi connectivity index (χ1) is 16.4. The molecule has 4 N–H and O–H groups in total. The van der Waals surface area contributed by atoms with Gasteiger partial charge in [-0.1, -0.05) is 20.8 Å². The fourth-order valence-corrected chi connectivity index (χ4v) is 6.79. The number of nitrogens with zero attached hydrogens (tertiary/aromatic N) is 1. The van der Waals surface area contributed by atoms with Crippen LogP contribution in [0, 0.1) is 13.8 Å². The Morgan fingerprint density at radius 1 is 1.23 bits per heavy atom. The zero-order valence-corrected chi connectivity index (χ0v) is 21.7. The number of aromatic nitrogens is 2. The Bertz CT molecular complexity index is 1210. The highest BCUT2D eigenvalue weighted by Gasteiger charge is 2.62. The summed E-state index contributed by atoms with van der Waals surface area (Å²) >= 11 is 0. The van der Waals surface area contributed by atoms with Crippen molar-refractivity contribution >= 4 is 18.6 Å². The Labute approximate surface area is 204 Å². The Morgan fingerprint density at radius 3 is 2.46 bits per heavy atom. The van der Waals surface area contributed by atoms with Crippen LogP contribution in [0.4, 0.5) is 0 Å². The van der Waals surface area contributed by atoms with Crippen molar-refractivity contribution < 1.29 is 33.7 Å². The van der Waals surface area contributed by atoms with Gasteiger partial charge in [-0.2, -0.15) is 0 Å². The predicted octanol–water partition coefficient (Wildman–Crippen LogP) is 2.99. The molecule has 6 atom stereocenters. The van der Waals surface area contributed by atoms with Crippen LogP contribution >= 0.6 is 7.60 Å². The zero-order valence-electron chi connectivity index (χ0n) is 20.8. The van der Waals surface area contributed by atoms with Crippen molar-refractivity contribution in [2.75, 3.05) is 6.61 Å². The van der Waals surface area contributed by atoms with E-state index in [0.29, 0.717) is 30.3 Å². The Kier molecular flexibility index (Phi) is 7.05. The Morgan fingerprint density at radius 2 is 1.89 bits per heavy atom. The van der Waals surface area contributed by atoms with Crippen molar-refractivity contribution in [3.8, 4) is 0 Å². The zero-order chi connectivity index (χ0) is 25.8. The van der Waals surface area contributed by atoms with Gasteiger partial charge in [0.1, 0.15) is 24.0 Å². The second-order valence-corrected chi connectivity index (χ2v) is 11.8. The first-order valence-electron chi connectivity index (χ1n) is 12.1. The van der Waals surface area contributed by atoms with E-state index in [1.807, 2.05) is 33.8 Å². The van der Waals surface area contributed by atoms with E-state index in [1.165, 1.54) is 0 Å². The van der Waals surface area contributed by atoms with Crippen molar-refractivity contribution in [2.24, 2.45) is 0 Å². The highest BCUT2D eigenvalue weighted by atomic mass is 31.2. The maximum atomic E-state index is 13.1. The molecule has 2 saturated heterocycles. The van der Waals surface area contributed by atoms with Gasteiger partial charge in [-0.3, -0.25) is 13.9 Å². The lowest BCUT2D eigenvalue weighted by Gasteiger charge is -2.37. The van der Waals surface area contributed by atoms with Gasteiger partial charge in [0.25, 0.3) is 5.56 Å². The second-order valence-electron chi connectivity index (χ2n) is 9.77. The van der Waals surface area contributed by atoms with E-state index in [0.717, 1.165) is 11.3 Å². The van der Waals surface area contributed by atoms with Crippen molar-refractivity contribution in [2.45, 2.75) is 95.7 Å². The summed E-state index contributed by atoms with van der Waals surface area (Å²) in [5.41, 5.74) is 0.747. The third-order valence-corrected chi connectivity index (χ3v) is 9.82. The molecule has 2 aliphatic rings. The standard InChI is InChI=1S/C24H35N2O8P/c1-6-23(7-2,34-35(30,31)24(8-3)12-32-24)11-17-18(27)19(28)20(33-17)16-10-15-13(4)9-14(5)25-21(15)26-22(16)29/h9-10,17-20,27-28H,6-8,11-12H2,1-5H3,(H,30,31)(H,25,26,29). The molecule has 0 aliphatic carbocycles. The molecular weight excluding hydrogens is 475 g/mol. The lowest BCUT2D eigenvalue weighted by atomic mass is 9.88. The third kappa shape index (κ3) is 4.62. The molecule has 0 spiro atoms. The van der Waals surface area contributed by atoms with Crippen molar-refractivity contribution in [3.05, 3.63) is 39.3 Å². The van der Waals surface area contributed by atoms with Gasteiger partial charge in [-0.25, -0.2) is 4.98 Å². The van der Waals surface area contributed by atoms with Gasteiger partial charge in [0.15, 0.2) is 5.34 Å². The highest BCUT2D eigenvalue weighted by molar-refractivity contribution is 7.54. The summed E-state index contributed by atoms with van der Waals surface area (Å²) in [5.74, 6) is 0. The average Bonchev–Trinajstić information content (AvgIpc) is 3.57. The monoisotopic (exact) mass is 510 g/mol. The van der Waals surface area contributed by atoms with E-state index in [4.69, 9.17) is 14.0 Å². The van der Waals surface area contributed by atoms with Crippen LogP contribution in [0.15, 0.2) is 16.9 Å². The van der Waals surface area contributed by atoms with E-state index >= 15 is 0 Å². The first-order valence-corrected chi connectivity index (χ1v) is 13.7. The smallest absolute Gasteiger partial charge is 0.362 e. The number of H-pyrrole nitrogens is 1. The van der Waals surface area contributed by atoms with Gasteiger partial charge < -0.3 is 29.6 Å². The summed E-state index contributed by atoms with van der Waals surface area (Å²) in [6.07, 6.45) is -3.52. The van der Waals surface area contributed by atoms with Crippen LogP contribution in [0.1, 0.15) is 69.4 Å². The number of aryl methyl sites for hydroxylation is 2. The van der Waals surface area contributed by atoms with Crippen LogP contribution < -0.4 is 5.56 Å². The predicted molar refractivity (Wildman–Crippen MR) is 129 cm³/mol. The van der Waals surface area contributed by atoms with Gasteiger partial charge in [0.05, 0.1) is 18.3 Å². The lowest BCUT2D eigenvalue weighted by molar-refractivity contribution is -0.0570. The van der Waals surface area contributed by atoms with Gasteiger partial charge in [-0.15, -0.1) is 0 Å². The highest BCUT2D eigenvalue weighted by Crippen LogP contribution is 2.67. The molecule has 2 aromatic heterocycles. The van der Waals surface area contributed by atoms with Gasteiger partial charge in [-0.05, 0) is 50.8 Å². The van der Waals surface area contributed by atoms with Gasteiger partial charge >= 0.3 is 7.60 Å². The number of pyridine rings is 2. The number of aliphatic hydroxyl groups excluding tert-OH is 2. The van der Waals surface area contributed by atoms with Crippen LogP contribution in [0.3, 0.4) is 0 Å². The van der Waals surface area contributed by atoms with Crippen molar-refractivity contribution in [3.63, 3.8) is 0 Å². The fourth-order valence-electron chi connectivity index (χ4n) is 4.98. The molecule has 0 aromatic carbocycles. The normalized spacial score (nSPS) is 30.5. The molecule has 0 saturated carbocycles. The fraction of sp³-hybridized carbons (Fsp3) is 0.667. The lowest BCUT2D eigenvalue weighted by Crippen LogP contribution is -2.40. The number of ether oxygens (including phenoxy) is 2. The minimum absolute atomic E-state index is 0.0599. The molecule has 194 valence electrons. The number of aromatic amines is 1. The number of fused-ring (bicyclic) bond motifs is 1. The number of nitrogens with one attached hydrogen (secondary N) is 1. The molecule has 2 aliphatic heterocycles.